The number of benzene rings is 1. The molecule has 1 amide bonds. The number of carbonyl (C=O) groups excluding carboxylic acids is 1. The minimum absolute atomic E-state index is 0.330. The maximum atomic E-state index is 13.1. The Labute approximate surface area is 110 Å². The van der Waals surface area contributed by atoms with E-state index < -0.39 is 23.2 Å². The number of aryl methyl sites for hydroxylation is 1. The summed E-state index contributed by atoms with van der Waals surface area (Å²) in [6.45, 7) is 5.12. The Bertz CT molecular complexity index is 554. The number of carboxylic acid groups (broad SMARTS) is 1. The van der Waals surface area contributed by atoms with Crippen LogP contribution in [0, 0.1) is 30.0 Å². The standard InChI is InChI=1S/C14H16FNO3/c1-7-6-8(4-5-9(7)15)16-12(17)10-11(13(18)19)14(10,2)3/h4-6,10-11H,1-3H3,(H,16,17)(H,18,19)/t10-,11+/m1/s1. The molecule has 19 heavy (non-hydrogen) atoms. The number of anilines is 1. The van der Waals surface area contributed by atoms with Gasteiger partial charge in [-0.3, -0.25) is 9.59 Å². The number of hydrogen-bond donors (Lipinski definition) is 2. The predicted octanol–water partition coefficient (Wildman–Crippen LogP) is 2.43. The highest BCUT2D eigenvalue weighted by Gasteiger charge is 2.65. The number of hydrogen-bond acceptors (Lipinski definition) is 2. The van der Waals surface area contributed by atoms with Gasteiger partial charge in [0.25, 0.3) is 0 Å². The number of aliphatic carboxylic acids is 1. The smallest absolute Gasteiger partial charge is 0.307 e. The van der Waals surface area contributed by atoms with Crippen LogP contribution in [0.4, 0.5) is 10.1 Å². The first kappa shape index (κ1) is 13.5. The number of amides is 1. The van der Waals surface area contributed by atoms with Gasteiger partial charge in [-0.1, -0.05) is 13.8 Å². The summed E-state index contributed by atoms with van der Waals surface area (Å²) in [7, 11) is 0. The normalized spacial score (nSPS) is 23.8. The van der Waals surface area contributed by atoms with E-state index in [1.165, 1.54) is 18.2 Å². The van der Waals surface area contributed by atoms with Gasteiger partial charge in [-0.25, -0.2) is 4.39 Å². The van der Waals surface area contributed by atoms with Crippen molar-refractivity contribution >= 4 is 17.6 Å². The molecular formula is C14H16FNO3. The molecule has 0 unspecified atom stereocenters. The summed E-state index contributed by atoms with van der Waals surface area (Å²) in [5, 5.41) is 11.7. The fraction of sp³-hybridized carbons (Fsp3) is 0.429. The van der Waals surface area contributed by atoms with Gasteiger partial charge in [0.2, 0.25) is 5.91 Å². The summed E-state index contributed by atoms with van der Waals surface area (Å²) in [5.41, 5.74) is 0.378. The highest BCUT2D eigenvalue weighted by Crippen LogP contribution is 2.58. The third-order valence-corrected chi connectivity index (χ3v) is 3.80. The lowest BCUT2D eigenvalue weighted by Crippen LogP contribution is -2.17. The predicted molar refractivity (Wildman–Crippen MR) is 68.2 cm³/mol. The molecule has 1 fully saturated rings. The zero-order valence-corrected chi connectivity index (χ0v) is 11.0. The largest absolute Gasteiger partial charge is 0.481 e. The summed E-state index contributed by atoms with van der Waals surface area (Å²) in [5.74, 6) is -2.83. The topological polar surface area (TPSA) is 66.4 Å². The average Bonchev–Trinajstić information content (AvgIpc) is 2.87. The van der Waals surface area contributed by atoms with Crippen molar-refractivity contribution in [2.24, 2.45) is 17.3 Å². The quantitative estimate of drug-likeness (QED) is 0.882. The lowest BCUT2D eigenvalue weighted by Gasteiger charge is -2.07. The Kier molecular flexibility index (Phi) is 3.08. The van der Waals surface area contributed by atoms with Gasteiger partial charge in [0.1, 0.15) is 5.82 Å². The molecule has 0 aromatic heterocycles. The molecule has 2 rings (SSSR count). The number of carbonyl (C=O) groups is 2. The van der Waals surface area contributed by atoms with Crippen molar-refractivity contribution in [3.63, 3.8) is 0 Å². The molecule has 1 aromatic rings. The van der Waals surface area contributed by atoms with Crippen LogP contribution in [0.1, 0.15) is 19.4 Å². The highest BCUT2D eigenvalue weighted by atomic mass is 19.1. The van der Waals surface area contributed by atoms with E-state index >= 15 is 0 Å². The Morgan fingerprint density at radius 2 is 1.95 bits per heavy atom. The molecule has 0 spiro atoms. The van der Waals surface area contributed by atoms with Crippen molar-refractivity contribution in [2.75, 3.05) is 5.32 Å². The van der Waals surface area contributed by atoms with Crippen LogP contribution in [-0.2, 0) is 9.59 Å². The van der Waals surface area contributed by atoms with Crippen LogP contribution in [0.2, 0.25) is 0 Å². The van der Waals surface area contributed by atoms with Crippen LogP contribution in [-0.4, -0.2) is 17.0 Å². The Morgan fingerprint density at radius 1 is 1.32 bits per heavy atom. The van der Waals surface area contributed by atoms with Gasteiger partial charge < -0.3 is 10.4 Å². The summed E-state index contributed by atoms with van der Waals surface area (Å²) < 4.78 is 13.1. The van der Waals surface area contributed by atoms with E-state index in [9.17, 15) is 14.0 Å². The molecule has 1 saturated carbocycles. The van der Waals surface area contributed by atoms with Crippen molar-refractivity contribution in [1.82, 2.24) is 0 Å². The van der Waals surface area contributed by atoms with Gasteiger partial charge in [-0.05, 0) is 36.1 Å². The third-order valence-electron chi connectivity index (χ3n) is 3.80. The maximum Gasteiger partial charge on any atom is 0.307 e. The fourth-order valence-corrected chi connectivity index (χ4v) is 2.53. The summed E-state index contributed by atoms with van der Waals surface area (Å²) in [4.78, 5) is 23.0. The molecule has 4 nitrogen and oxygen atoms in total. The molecule has 0 saturated heterocycles. The fourth-order valence-electron chi connectivity index (χ4n) is 2.53. The van der Waals surface area contributed by atoms with Gasteiger partial charge in [0, 0.05) is 5.69 Å². The molecule has 2 N–H and O–H groups in total. The third kappa shape index (κ3) is 2.32. The minimum Gasteiger partial charge on any atom is -0.481 e. The zero-order chi connectivity index (χ0) is 14.4. The molecule has 1 aromatic carbocycles. The lowest BCUT2D eigenvalue weighted by molar-refractivity contribution is -0.140. The van der Waals surface area contributed by atoms with Gasteiger partial charge in [-0.15, -0.1) is 0 Å². The van der Waals surface area contributed by atoms with Gasteiger partial charge >= 0.3 is 5.97 Å². The zero-order valence-electron chi connectivity index (χ0n) is 11.0. The van der Waals surface area contributed by atoms with E-state index in [1.54, 1.807) is 20.8 Å². The number of rotatable bonds is 3. The Balaban J connectivity index is 2.10. The molecule has 0 heterocycles. The molecule has 1 aliphatic rings. The highest BCUT2D eigenvalue weighted by molar-refractivity contribution is 5.99. The molecule has 0 aliphatic heterocycles. The average molecular weight is 265 g/mol. The van der Waals surface area contributed by atoms with E-state index in [1.807, 2.05) is 0 Å². The van der Waals surface area contributed by atoms with Crippen LogP contribution >= 0.6 is 0 Å². The van der Waals surface area contributed by atoms with E-state index in [-0.39, 0.29) is 11.7 Å². The first-order chi connectivity index (χ1) is 8.75. The second-order valence-electron chi connectivity index (χ2n) is 5.57. The van der Waals surface area contributed by atoms with Crippen LogP contribution in [0.15, 0.2) is 18.2 Å². The van der Waals surface area contributed by atoms with Crippen molar-refractivity contribution < 1.29 is 19.1 Å². The van der Waals surface area contributed by atoms with Crippen LogP contribution in [0.5, 0.6) is 0 Å². The first-order valence-electron chi connectivity index (χ1n) is 6.05. The Morgan fingerprint density at radius 3 is 2.42 bits per heavy atom. The van der Waals surface area contributed by atoms with Crippen molar-refractivity contribution in [2.45, 2.75) is 20.8 Å². The Hall–Kier alpha value is -1.91. The monoisotopic (exact) mass is 265 g/mol. The van der Waals surface area contributed by atoms with Gasteiger partial charge in [0.05, 0.1) is 11.8 Å². The van der Waals surface area contributed by atoms with E-state index in [4.69, 9.17) is 5.11 Å². The number of carboxylic acids is 1. The summed E-state index contributed by atoms with van der Waals surface area (Å²) >= 11 is 0. The first-order valence-corrected chi connectivity index (χ1v) is 6.05. The van der Waals surface area contributed by atoms with Crippen LogP contribution in [0.3, 0.4) is 0 Å². The SMILES string of the molecule is Cc1cc(NC(=O)[C@H]2[C@@H](C(=O)O)C2(C)C)ccc1F. The second-order valence-corrected chi connectivity index (χ2v) is 5.57. The molecule has 0 bridgehead atoms. The van der Waals surface area contributed by atoms with Crippen molar-refractivity contribution in [1.29, 1.82) is 0 Å². The second kappa shape index (κ2) is 4.33. The minimum atomic E-state index is -0.958. The van der Waals surface area contributed by atoms with Gasteiger partial charge in [-0.2, -0.15) is 0 Å². The molecule has 102 valence electrons. The van der Waals surface area contributed by atoms with E-state index in [0.717, 1.165) is 0 Å². The van der Waals surface area contributed by atoms with Crippen LogP contribution in [0.25, 0.3) is 0 Å². The summed E-state index contributed by atoms with van der Waals surface area (Å²) in [6, 6.07) is 4.27. The molecule has 5 heteroatoms. The van der Waals surface area contributed by atoms with Crippen LogP contribution < -0.4 is 5.32 Å². The molecule has 2 atom stereocenters. The van der Waals surface area contributed by atoms with Crippen molar-refractivity contribution in [3.05, 3.63) is 29.6 Å². The molecule has 1 aliphatic carbocycles. The number of nitrogens with one attached hydrogen (secondary N) is 1. The van der Waals surface area contributed by atoms with Crippen molar-refractivity contribution in [3.8, 4) is 0 Å². The summed E-state index contributed by atoms with van der Waals surface area (Å²) in [6.07, 6.45) is 0. The number of halogens is 1. The van der Waals surface area contributed by atoms with Gasteiger partial charge in [0.15, 0.2) is 0 Å². The lowest BCUT2D eigenvalue weighted by atomic mass is 10.1. The molecule has 0 radical (unpaired) electrons. The molecular weight excluding hydrogens is 249 g/mol. The maximum absolute atomic E-state index is 13.1. The van der Waals surface area contributed by atoms with E-state index in [0.29, 0.717) is 11.3 Å². The van der Waals surface area contributed by atoms with E-state index in [2.05, 4.69) is 5.32 Å².